The van der Waals surface area contributed by atoms with Crippen molar-refractivity contribution in [1.29, 1.82) is 0 Å². The highest BCUT2D eigenvalue weighted by atomic mass is 19.1. The average Bonchev–Trinajstić information content (AvgIpc) is 3.14. The molecule has 0 saturated heterocycles. The summed E-state index contributed by atoms with van der Waals surface area (Å²) in [7, 11) is 1.59. The van der Waals surface area contributed by atoms with Crippen molar-refractivity contribution in [3.8, 4) is 5.75 Å². The van der Waals surface area contributed by atoms with Gasteiger partial charge in [0.05, 0.1) is 7.11 Å². The van der Waals surface area contributed by atoms with Gasteiger partial charge in [0.2, 0.25) is 0 Å². The molecule has 1 aliphatic rings. The summed E-state index contributed by atoms with van der Waals surface area (Å²) in [4.78, 5) is 17.2. The number of carbonyl (C=O) groups excluding carboxylic acids is 1. The molecule has 4 rings (SSSR count). The molecule has 0 bridgehead atoms. The second-order valence-electron chi connectivity index (χ2n) is 7.57. The van der Waals surface area contributed by atoms with Gasteiger partial charge in [-0.15, -0.1) is 0 Å². The molecule has 2 aromatic carbocycles. The van der Waals surface area contributed by atoms with Gasteiger partial charge in [-0.25, -0.2) is 9.37 Å². The van der Waals surface area contributed by atoms with E-state index < -0.39 is 0 Å². The molecular weight excluding hydrogens is 369 g/mol. The zero-order valence-corrected chi connectivity index (χ0v) is 16.8. The molecule has 1 N–H and O–H groups in total. The van der Waals surface area contributed by atoms with E-state index in [2.05, 4.69) is 10.3 Å². The Morgan fingerprint density at radius 1 is 1.21 bits per heavy atom. The van der Waals surface area contributed by atoms with E-state index in [9.17, 15) is 9.18 Å². The van der Waals surface area contributed by atoms with Gasteiger partial charge in [-0.05, 0) is 61.7 Å². The third-order valence-electron chi connectivity index (χ3n) is 5.62. The first-order chi connectivity index (χ1) is 13.9. The van der Waals surface area contributed by atoms with Crippen LogP contribution in [0.4, 0.5) is 10.1 Å². The van der Waals surface area contributed by atoms with Gasteiger partial charge in [-0.1, -0.05) is 6.07 Å². The quantitative estimate of drug-likeness (QED) is 0.703. The fourth-order valence-corrected chi connectivity index (χ4v) is 3.85. The third-order valence-corrected chi connectivity index (χ3v) is 5.62. The molecule has 2 heterocycles. The monoisotopic (exact) mass is 393 g/mol. The number of benzene rings is 2. The van der Waals surface area contributed by atoms with E-state index in [1.807, 2.05) is 36.6 Å². The van der Waals surface area contributed by atoms with Crippen molar-refractivity contribution in [2.75, 3.05) is 12.4 Å². The van der Waals surface area contributed by atoms with E-state index >= 15 is 0 Å². The number of carbonyl (C=O) groups is 1. The molecule has 0 aliphatic carbocycles. The summed E-state index contributed by atoms with van der Waals surface area (Å²) in [6, 6.07) is 10.4. The van der Waals surface area contributed by atoms with Gasteiger partial charge in [0.1, 0.15) is 23.1 Å². The maximum Gasteiger partial charge on any atom is 0.275 e. The first-order valence-corrected chi connectivity index (χ1v) is 9.72. The van der Waals surface area contributed by atoms with E-state index in [0.29, 0.717) is 18.0 Å². The molecule has 0 saturated carbocycles. The summed E-state index contributed by atoms with van der Waals surface area (Å²) >= 11 is 0. The molecule has 1 aromatic heterocycles. The number of aryl methyl sites for hydroxylation is 3. The Bertz CT molecular complexity index is 1070. The van der Waals surface area contributed by atoms with Crippen LogP contribution < -0.4 is 10.1 Å². The van der Waals surface area contributed by atoms with E-state index in [1.165, 1.54) is 11.6 Å². The second-order valence-corrected chi connectivity index (χ2v) is 7.57. The lowest BCUT2D eigenvalue weighted by Gasteiger charge is -2.25. The van der Waals surface area contributed by atoms with Crippen LogP contribution >= 0.6 is 0 Å². The van der Waals surface area contributed by atoms with Crippen molar-refractivity contribution in [3.63, 3.8) is 0 Å². The van der Waals surface area contributed by atoms with Crippen LogP contribution in [0.5, 0.6) is 5.75 Å². The Balaban J connectivity index is 1.53. The Morgan fingerprint density at radius 3 is 2.79 bits per heavy atom. The van der Waals surface area contributed by atoms with Crippen LogP contribution in [0.15, 0.2) is 42.6 Å². The fraction of sp³-hybridized carbons (Fsp3) is 0.304. The van der Waals surface area contributed by atoms with Gasteiger partial charge in [-0.2, -0.15) is 0 Å². The van der Waals surface area contributed by atoms with Gasteiger partial charge in [-0.3, -0.25) is 4.79 Å². The van der Waals surface area contributed by atoms with E-state index in [4.69, 9.17) is 4.74 Å². The van der Waals surface area contributed by atoms with Crippen LogP contribution in [0.2, 0.25) is 0 Å². The van der Waals surface area contributed by atoms with Crippen molar-refractivity contribution in [1.82, 2.24) is 9.55 Å². The van der Waals surface area contributed by atoms with E-state index in [1.54, 1.807) is 25.4 Å². The van der Waals surface area contributed by atoms with Crippen molar-refractivity contribution in [2.45, 2.75) is 39.2 Å². The fourth-order valence-electron chi connectivity index (χ4n) is 3.85. The van der Waals surface area contributed by atoms with E-state index in [0.717, 1.165) is 35.5 Å². The number of aromatic nitrogens is 2. The predicted octanol–water partition coefficient (Wildman–Crippen LogP) is 4.63. The van der Waals surface area contributed by atoms with Gasteiger partial charge in [0, 0.05) is 36.3 Å². The number of hydrogen-bond acceptors (Lipinski definition) is 3. The molecule has 29 heavy (non-hydrogen) atoms. The molecule has 1 aliphatic heterocycles. The summed E-state index contributed by atoms with van der Waals surface area (Å²) in [6.45, 7) is 4.69. The molecule has 3 aromatic rings. The lowest BCUT2D eigenvalue weighted by Crippen LogP contribution is -2.19. The maximum atomic E-state index is 13.8. The molecule has 0 radical (unpaired) electrons. The number of amides is 1. The Morgan fingerprint density at radius 2 is 2.03 bits per heavy atom. The third kappa shape index (κ3) is 3.88. The zero-order valence-electron chi connectivity index (χ0n) is 16.8. The average molecular weight is 393 g/mol. The number of halogens is 1. The number of fused-ring (bicyclic) bond motifs is 1. The molecule has 150 valence electrons. The largest absolute Gasteiger partial charge is 0.496 e. The van der Waals surface area contributed by atoms with Gasteiger partial charge in [0.15, 0.2) is 0 Å². The van der Waals surface area contributed by atoms with Crippen LogP contribution in [0.3, 0.4) is 0 Å². The van der Waals surface area contributed by atoms with E-state index in [-0.39, 0.29) is 17.6 Å². The second kappa shape index (κ2) is 7.70. The highest BCUT2D eigenvalue weighted by Crippen LogP contribution is 2.35. The normalized spacial score (nSPS) is 15.7. The number of ether oxygens (including phenoxy) is 1. The molecule has 0 fully saturated rings. The molecule has 6 heteroatoms. The van der Waals surface area contributed by atoms with Crippen molar-refractivity contribution >= 4 is 11.6 Å². The van der Waals surface area contributed by atoms with Crippen molar-refractivity contribution in [2.24, 2.45) is 0 Å². The minimum atomic E-state index is -0.273. The number of imidazole rings is 1. The van der Waals surface area contributed by atoms with Gasteiger partial charge < -0.3 is 14.6 Å². The highest BCUT2D eigenvalue weighted by molar-refractivity contribution is 6.02. The number of hydrogen-bond donors (Lipinski definition) is 1. The number of anilines is 1. The predicted molar refractivity (Wildman–Crippen MR) is 110 cm³/mol. The summed E-state index contributed by atoms with van der Waals surface area (Å²) in [5.41, 5.74) is 4.31. The van der Waals surface area contributed by atoms with Crippen LogP contribution in [-0.2, 0) is 13.0 Å². The molecule has 1 atom stereocenters. The number of nitrogens with zero attached hydrogens (tertiary/aromatic N) is 2. The minimum Gasteiger partial charge on any atom is -0.496 e. The van der Waals surface area contributed by atoms with Crippen LogP contribution in [0.1, 0.15) is 45.3 Å². The highest BCUT2D eigenvalue weighted by Gasteiger charge is 2.26. The lowest BCUT2D eigenvalue weighted by molar-refractivity contribution is 0.102. The first kappa shape index (κ1) is 19.2. The Kier molecular flexibility index (Phi) is 5.09. The van der Waals surface area contributed by atoms with Crippen LogP contribution in [0.25, 0.3) is 0 Å². The number of methoxy groups -OCH3 is 1. The van der Waals surface area contributed by atoms with Gasteiger partial charge >= 0.3 is 0 Å². The van der Waals surface area contributed by atoms with Crippen LogP contribution in [-0.4, -0.2) is 22.6 Å². The van der Waals surface area contributed by atoms with Gasteiger partial charge in [0.25, 0.3) is 5.91 Å². The van der Waals surface area contributed by atoms with Crippen molar-refractivity contribution in [3.05, 3.63) is 76.6 Å². The SMILES string of the molecule is COc1ccc(F)cc1C1CCc2nc(C(=O)Nc3ccc(C)c(C)c3)cn2C1. The standard InChI is InChI=1S/C23H24FN3O2/c1-14-4-7-18(10-15(14)2)25-23(28)20-13-27-12-16(5-9-22(27)26-20)19-11-17(24)6-8-21(19)29-3/h4,6-8,10-11,13,16H,5,9,12H2,1-3H3,(H,25,28). The zero-order chi connectivity index (χ0) is 20.5. The topological polar surface area (TPSA) is 56.1 Å². The lowest BCUT2D eigenvalue weighted by atomic mass is 9.91. The molecular formula is C23H24FN3O2. The molecule has 1 amide bonds. The Labute approximate surface area is 169 Å². The smallest absolute Gasteiger partial charge is 0.275 e. The summed E-state index contributed by atoms with van der Waals surface area (Å²) in [5.74, 6) is 1.17. The molecule has 0 spiro atoms. The van der Waals surface area contributed by atoms with Crippen LogP contribution in [0, 0.1) is 19.7 Å². The molecule has 5 nitrogen and oxygen atoms in total. The van der Waals surface area contributed by atoms with Crippen molar-refractivity contribution < 1.29 is 13.9 Å². The number of nitrogens with one attached hydrogen (secondary N) is 1. The maximum absolute atomic E-state index is 13.8. The summed E-state index contributed by atoms with van der Waals surface area (Å²) in [5, 5.41) is 2.92. The first-order valence-electron chi connectivity index (χ1n) is 9.72. The summed E-state index contributed by atoms with van der Waals surface area (Å²) in [6.07, 6.45) is 3.33. The summed E-state index contributed by atoms with van der Waals surface area (Å²) < 4.78 is 21.2. The molecule has 1 unspecified atom stereocenters. The minimum absolute atomic E-state index is 0.109. The number of rotatable bonds is 4. The Hall–Kier alpha value is -3.15.